The first kappa shape index (κ1) is 29.5. The third-order valence-electron chi connectivity index (χ3n) is 6.09. The lowest BCUT2D eigenvalue weighted by atomic mass is 10.1. The Morgan fingerprint density at radius 2 is 1.77 bits per heavy atom. The molecule has 0 bridgehead atoms. The Kier molecular flexibility index (Phi) is 9.55. The summed E-state index contributed by atoms with van der Waals surface area (Å²) >= 11 is 0. The van der Waals surface area contributed by atoms with Crippen molar-refractivity contribution in [1.29, 1.82) is 0 Å². The molecule has 1 aromatic heterocycles. The average Bonchev–Trinajstić information content (AvgIpc) is 2.90. The van der Waals surface area contributed by atoms with Gasteiger partial charge in [0.25, 0.3) is 5.91 Å². The second-order valence-electron chi connectivity index (χ2n) is 9.33. The van der Waals surface area contributed by atoms with Crippen LogP contribution in [0.2, 0.25) is 0 Å². The lowest BCUT2D eigenvalue weighted by molar-refractivity contribution is -0.137. The van der Waals surface area contributed by atoms with Gasteiger partial charge in [-0.1, -0.05) is 6.07 Å². The number of hydrogen-bond donors (Lipinski definition) is 3. The molecule has 0 aliphatic carbocycles. The van der Waals surface area contributed by atoms with E-state index >= 15 is 0 Å². The Morgan fingerprint density at radius 1 is 1.03 bits per heavy atom. The van der Waals surface area contributed by atoms with Gasteiger partial charge < -0.3 is 20.9 Å². The summed E-state index contributed by atoms with van der Waals surface area (Å²) in [5.41, 5.74) is 11.5. The van der Waals surface area contributed by atoms with Crippen molar-refractivity contribution < 1.29 is 18.0 Å². The highest BCUT2D eigenvalue weighted by Crippen LogP contribution is 2.38. The minimum Gasteiger partial charge on any atom is -0.397 e. The van der Waals surface area contributed by atoms with Gasteiger partial charge in [-0.3, -0.25) is 14.8 Å². The van der Waals surface area contributed by atoms with Gasteiger partial charge in [0.1, 0.15) is 0 Å². The number of halogens is 3. The van der Waals surface area contributed by atoms with Crippen molar-refractivity contribution in [1.82, 2.24) is 15.3 Å². The highest BCUT2D eigenvalue weighted by atomic mass is 19.4. The first-order valence-electron chi connectivity index (χ1n) is 12.2. The number of aryl methyl sites for hydroxylation is 1. The fraction of sp³-hybridized carbons (Fsp3) is 0.286. The number of carbonyl (C=O) groups is 1. The topological polar surface area (TPSA) is 89.8 Å². The van der Waals surface area contributed by atoms with Gasteiger partial charge in [-0.05, 0) is 69.0 Å². The minimum absolute atomic E-state index is 0.0441. The van der Waals surface area contributed by atoms with Gasteiger partial charge in [-0.25, -0.2) is 5.43 Å². The van der Waals surface area contributed by atoms with Crippen LogP contribution in [0.5, 0.6) is 0 Å². The zero-order valence-electron chi connectivity index (χ0n) is 22.7. The quantitative estimate of drug-likeness (QED) is 0.325. The summed E-state index contributed by atoms with van der Waals surface area (Å²) in [4.78, 5) is 20.6. The van der Waals surface area contributed by atoms with Crippen LogP contribution in [-0.2, 0) is 6.18 Å². The number of hydrogen-bond acceptors (Lipinski definition) is 7. The summed E-state index contributed by atoms with van der Waals surface area (Å²) in [6.45, 7) is 2.88. The van der Waals surface area contributed by atoms with Gasteiger partial charge in [0.2, 0.25) is 0 Å². The Morgan fingerprint density at radius 3 is 2.38 bits per heavy atom. The molecule has 3 aromatic rings. The van der Waals surface area contributed by atoms with E-state index in [1.54, 1.807) is 66.9 Å². The minimum atomic E-state index is -4.59. The lowest BCUT2D eigenvalue weighted by Crippen LogP contribution is -2.31. The number of pyridine rings is 1. The van der Waals surface area contributed by atoms with E-state index in [1.807, 2.05) is 32.0 Å². The molecule has 1 amide bonds. The molecule has 0 saturated carbocycles. The maximum Gasteiger partial charge on any atom is 0.418 e. The largest absolute Gasteiger partial charge is 0.418 e. The second-order valence-corrected chi connectivity index (χ2v) is 9.33. The number of anilines is 3. The van der Waals surface area contributed by atoms with Crippen molar-refractivity contribution in [2.24, 2.45) is 5.73 Å². The van der Waals surface area contributed by atoms with Crippen LogP contribution < -0.4 is 26.4 Å². The van der Waals surface area contributed by atoms with Crippen LogP contribution in [0, 0.1) is 6.92 Å². The van der Waals surface area contributed by atoms with Gasteiger partial charge in [-0.2, -0.15) is 13.2 Å². The molecule has 1 heterocycles. The molecule has 8 nitrogen and oxygen atoms in total. The fourth-order valence-corrected chi connectivity index (χ4v) is 3.86. The van der Waals surface area contributed by atoms with Crippen LogP contribution >= 0.6 is 0 Å². The van der Waals surface area contributed by atoms with Crippen LogP contribution in [0.4, 0.5) is 30.2 Å². The predicted molar refractivity (Wildman–Crippen MR) is 150 cm³/mol. The summed E-state index contributed by atoms with van der Waals surface area (Å²) in [6.07, 6.45) is 0.361. The Hall–Kier alpha value is -4.09. The van der Waals surface area contributed by atoms with Crippen molar-refractivity contribution in [3.8, 4) is 0 Å². The SMILES string of the molecule is CNN(/C=C(\N)c1cccnc1)c1cc(C(=O)Nc2ccc(N(C)CCN(C)C)c(C(F)(F)F)c2)ccc1C. The molecular formula is C28H34F3N7O. The number of benzene rings is 2. The number of likely N-dealkylation sites (N-methyl/N-ethyl adjacent to an activating group) is 2. The van der Waals surface area contributed by atoms with Crippen molar-refractivity contribution in [3.63, 3.8) is 0 Å². The number of alkyl halides is 3. The molecule has 2 aromatic carbocycles. The first-order chi connectivity index (χ1) is 18.4. The fourth-order valence-electron chi connectivity index (χ4n) is 3.86. The van der Waals surface area contributed by atoms with Gasteiger partial charge in [-0.15, -0.1) is 0 Å². The molecule has 3 rings (SSSR count). The number of carbonyl (C=O) groups excluding carboxylic acids is 1. The molecule has 0 saturated heterocycles. The molecule has 0 spiro atoms. The van der Waals surface area contributed by atoms with E-state index in [2.05, 4.69) is 15.7 Å². The number of aromatic nitrogens is 1. The highest BCUT2D eigenvalue weighted by molar-refractivity contribution is 6.05. The van der Waals surface area contributed by atoms with E-state index in [0.717, 1.165) is 17.2 Å². The van der Waals surface area contributed by atoms with Gasteiger partial charge in [0.15, 0.2) is 0 Å². The van der Waals surface area contributed by atoms with Crippen LogP contribution in [0.15, 0.2) is 67.1 Å². The van der Waals surface area contributed by atoms with E-state index < -0.39 is 17.6 Å². The molecule has 0 aliphatic rings. The maximum atomic E-state index is 13.9. The van der Waals surface area contributed by atoms with Crippen molar-refractivity contribution in [2.75, 3.05) is 56.5 Å². The Bertz CT molecular complexity index is 1310. The monoisotopic (exact) mass is 541 g/mol. The number of rotatable bonds is 10. The van der Waals surface area contributed by atoms with Crippen molar-refractivity contribution in [3.05, 3.63) is 89.4 Å². The van der Waals surface area contributed by atoms with Gasteiger partial charge >= 0.3 is 6.18 Å². The molecule has 39 heavy (non-hydrogen) atoms. The zero-order chi connectivity index (χ0) is 28.7. The van der Waals surface area contributed by atoms with Gasteiger partial charge in [0, 0.05) is 68.3 Å². The summed E-state index contributed by atoms with van der Waals surface area (Å²) < 4.78 is 41.8. The third-order valence-corrected chi connectivity index (χ3v) is 6.09. The number of hydrazine groups is 1. The number of nitrogens with two attached hydrogens (primary N) is 1. The summed E-state index contributed by atoms with van der Waals surface area (Å²) in [5, 5.41) is 4.27. The molecule has 4 N–H and O–H groups in total. The van der Waals surface area contributed by atoms with Crippen molar-refractivity contribution >= 4 is 28.7 Å². The Labute approximate surface area is 226 Å². The average molecular weight is 542 g/mol. The normalized spacial score (nSPS) is 12.0. The van der Waals surface area contributed by atoms with E-state index in [9.17, 15) is 18.0 Å². The standard InChI is InChI=1S/C28H34F3N7O/c1-19-8-9-20(15-26(19)38(33-2)18-24(32)21-7-6-12-34-17-21)27(39)35-22-10-11-25(23(16-22)28(29,30)31)37(5)14-13-36(3)4/h6-12,15-18,33H,13-14,32H2,1-5H3,(H,35,39)/b24-18-. The zero-order valence-corrected chi connectivity index (χ0v) is 22.7. The van der Waals surface area contributed by atoms with Crippen molar-refractivity contribution in [2.45, 2.75) is 13.1 Å². The molecule has 0 radical (unpaired) electrons. The van der Waals surface area contributed by atoms with Crippen LogP contribution in [0.25, 0.3) is 5.70 Å². The second kappa shape index (κ2) is 12.6. The van der Waals surface area contributed by atoms with E-state index in [0.29, 0.717) is 24.5 Å². The van der Waals surface area contributed by atoms with Gasteiger partial charge in [0.05, 0.1) is 16.9 Å². The lowest BCUT2D eigenvalue weighted by Gasteiger charge is -2.25. The van der Waals surface area contributed by atoms with E-state index in [4.69, 9.17) is 5.73 Å². The van der Waals surface area contributed by atoms with Crippen LogP contribution in [0.1, 0.15) is 27.0 Å². The molecular weight excluding hydrogens is 507 g/mol. The molecule has 208 valence electrons. The van der Waals surface area contributed by atoms with E-state index in [-0.39, 0.29) is 16.9 Å². The predicted octanol–water partition coefficient (Wildman–Crippen LogP) is 4.56. The number of nitrogens with zero attached hydrogens (tertiary/aromatic N) is 4. The Balaban J connectivity index is 1.87. The highest BCUT2D eigenvalue weighted by Gasteiger charge is 2.35. The number of nitrogens with one attached hydrogen (secondary N) is 2. The maximum absolute atomic E-state index is 13.9. The smallest absolute Gasteiger partial charge is 0.397 e. The first-order valence-corrected chi connectivity index (χ1v) is 12.2. The summed E-state index contributed by atoms with van der Waals surface area (Å²) in [7, 11) is 7.03. The summed E-state index contributed by atoms with van der Waals surface area (Å²) in [6, 6.07) is 12.4. The van der Waals surface area contributed by atoms with Crippen LogP contribution in [0.3, 0.4) is 0 Å². The summed E-state index contributed by atoms with van der Waals surface area (Å²) in [5.74, 6) is -0.543. The third kappa shape index (κ3) is 7.71. The molecule has 11 heteroatoms. The molecule has 0 unspecified atom stereocenters. The molecule has 0 atom stereocenters. The molecule has 0 fully saturated rings. The molecule has 0 aliphatic heterocycles. The number of amides is 1. The van der Waals surface area contributed by atoms with Crippen LogP contribution in [-0.4, -0.2) is 57.1 Å². The van der Waals surface area contributed by atoms with E-state index in [1.165, 1.54) is 12.1 Å².